The lowest BCUT2D eigenvalue weighted by Gasteiger charge is -2.36. The average molecular weight is 854 g/mol. The number of allylic oxidation sites excluding steroid dienone is 2. The molecule has 2 aromatic carbocycles. The number of nitrogens with two attached hydrogens (primary N) is 2. The number of ether oxygens (including phenoxy) is 5. The van der Waals surface area contributed by atoms with E-state index in [0.29, 0.717) is 103 Å². The van der Waals surface area contributed by atoms with Crippen LogP contribution in [0.2, 0.25) is 0 Å². The van der Waals surface area contributed by atoms with Gasteiger partial charge >= 0.3 is 10.4 Å². The minimum absolute atomic E-state index is 0. The van der Waals surface area contributed by atoms with Gasteiger partial charge < -0.3 is 45.5 Å². The van der Waals surface area contributed by atoms with Crippen molar-refractivity contribution < 1.29 is 60.7 Å². The molecule has 4 aliphatic rings. The van der Waals surface area contributed by atoms with Crippen LogP contribution in [0.4, 0.5) is 10.2 Å². The first kappa shape index (κ1) is 45.5. The van der Waals surface area contributed by atoms with Crippen LogP contribution in [0.3, 0.4) is 0 Å². The molecule has 5 heterocycles. The highest BCUT2D eigenvalue weighted by Gasteiger charge is 2.31. The maximum atomic E-state index is 16.5. The third-order valence-corrected chi connectivity index (χ3v) is 10.2. The van der Waals surface area contributed by atoms with E-state index in [1.807, 2.05) is 29.2 Å². The average Bonchev–Trinajstić information content (AvgIpc) is 3.21. The van der Waals surface area contributed by atoms with Crippen molar-refractivity contribution in [2.24, 2.45) is 16.6 Å². The Bertz CT molecular complexity index is 2310. The van der Waals surface area contributed by atoms with E-state index in [1.54, 1.807) is 44.8 Å². The number of pyridine rings is 1. The number of hydrogen-bond donors (Lipinski definition) is 4. The minimum Gasteiger partial charge on any atom is -0.493 e. The normalized spacial score (nSPS) is 18.6. The van der Waals surface area contributed by atoms with E-state index >= 15 is 4.39 Å². The number of aliphatic imine (C=N–C) groups is 1. The molecule has 3 aromatic rings. The van der Waals surface area contributed by atoms with Crippen molar-refractivity contribution in [3.8, 4) is 33.8 Å². The Balaban J connectivity index is 0.00000107. The molecule has 0 unspecified atom stereocenters. The van der Waals surface area contributed by atoms with Crippen LogP contribution in [0.1, 0.15) is 38.2 Å². The molecule has 0 aliphatic carbocycles. The summed E-state index contributed by atoms with van der Waals surface area (Å²) in [4.78, 5) is 36.5. The van der Waals surface area contributed by atoms with Crippen molar-refractivity contribution in [1.82, 2.24) is 9.88 Å². The lowest BCUT2D eigenvalue weighted by molar-refractivity contribution is -0.115. The number of methoxy groups -OCH3 is 1. The van der Waals surface area contributed by atoms with Gasteiger partial charge in [-0.1, -0.05) is 18.2 Å². The van der Waals surface area contributed by atoms with E-state index in [4.69, 9.17) is 52.7 Å². The number of hydrogen-bond acceptors (Lipinski definition) is 13. The molecule has 7 rings (SSSR count). The van der Waals surface area contributed by atoms with Crippen LogP contribution in [0.25, 0.3) is 28.0 Å². The van der Waals surface area contributed by atoms with Gasteiger partial charge in [0.2, 0.25) is 5.91 Å². The van der Waals surface area contributed by atoms with Gasteiger partial charge in [0.25, 0.3) is 0 Å². The molecule has 0 saturated carbocycles. The van der Waals surface area contributed by atoms with Crippen LogP contribution in [0, 0.1) is 11.7 Å². The molecule has 1 aromatic heterocycles. The highest BCUT2D eigenvalue weighted by molar-refractivity contribution is 7.79. The van der Waals surface area contributed by atoms with Crippen LogP contribution < -0.4 is 20.9 Å². The largest absolute Gasteiger partial charge is 0.493 e. The molecule has 0 bridgehead atoms. The van der Waals surface area contributed by atoms with Crippen molar-refractivity contribution in [1.29, 1.82) is 0 Å². The monoisotopic (exact) mass is 853 g/mol. The van der Waals surface area contributed by atoms with Gasteiger partial charge in [0.15, 0.2) is 17.3 Å². The van der Waals surface area contributed by atoms with Crippen molar-refractivity contribution in [2.45, 2.75) is 38.7 Å². The first-order chi connectivity index (χ1) is 28.2. The van der Waals surface area contributed by atoms with Gasteiger partial charge in [-0.3, -0.25) is 23.7 Å². The van der Waals surface area contributed by atoms with Crippen LogP contribution in [-0.2, 0) is 34.2 Å². The number of nitrogens with zero attached hydrogens (tertiary/aromatic N) is 3. The fourth-order valence-electron chi connectivity index (χ4n) is 7.11. The van der Waals surface area contributed by atoms with E-state index in [9.17, 15) is 9.59 Å². The molecular formula is C41H48FN5O12S. The molecule has 2 saturated heterocycles. The fraction of sp³-hybridized carbons (Fsp3) is 0.366. The number of halogens is 1. The van der Waals surface area contributed by atoms with Gasteiger partial charge in [-0.05, 0) is 55.5 Å². The van der Waals surface area contributed by atoms with Crippen LogP contribution in [0.15, 0.2) is 82.8 Å². The molecule has 4 aliphatic heterocycles. The van der Waals surface area contributed by atoms with Crippen molar-refractivity contribution >= 4 is 39.3 Å². The maximum absolute atomic E-state index is 16.5. The predicted molar refractivity (Wildman–Crippen MR) is 220 cm³/mol. The summed E-state index contributed by atoms with van der Waals surface area (Å²) in [5.74, 6) is 0.343. The van der Waals surface area contributed by atoms with E-state index in [-0.39, 0.29) is 47.5 Å². The highest BCUT2D eigenvalue weighted by Crippen LogP contribution is 2.40. The minimum atomic E-state index is -4.67. The van der Waals surface area contributed by atoms with E-state index in [1.165, 1.54) is 6.07 Å². The van der Waals surface area contributed by atoms with Gasteiger partial charge in [-0.15, -0.1) is 0 Å². The summed E-state index contributed by atoms with van der Waals surface area (Å²) < 4.78 is 76.5. The number of amides is 1. The number of anilines is 1. The van der Waals surface area contributed by atoms with Gasteiger partial charge in [0.05, 0.1) is 44.8 Å². The van der Waals surface area contributed by atoms with Crippen molar-refractivity contribution in [3.63, 3.8) is 0 Å². The second-order valence-electron chi connectivity index (χ2n) is 14.3. The summed E-state index contributed by atoms with van der Waals surface area (Å²) in [6, 6.07) is 12.3. The summed E-state index contributed by atoms with van der Waals surface area (Å²) in [6.45, 7) is 5.42. The summed E-state index contributed by atoms with van der Waals surface area (Å²) in [7, 11) is -3.10. The topological polar surface area (TPSA) is 267 Å². The lowest BCUT2D eigenvalue weighted by atomic mass is 9.87. The third-order valence-electron chi connectivity index (χ3n) is 10.2. The standard InChI is InChI=1S/C41H44FN5O7.H2O4S.H2O/c1-24-18-45-35(17-36(24)48)33-14-29(41(44)49)21-47(20-25-7-9-51-10-8-25)39(33)27-3-5-31(34(42)15-27)32-13-28(19-46-40(32)43)26-4-6-37(38(16-26)50-2)54-23-30-22-52-11-12-53-30;1-5(2,3)4;/h3-6,13,15-16,18-19,21,25,30H,7-12,14,17,20,22-23H2,1-2H3,(H2,43,46)(H2,44,49);(H2,1,2,3,4);1H2/t30-;;/m1../s1. The molecule has 60 heavy (non-hydrogen) atoms. The highest BCUT2D eigenvalue weighted by atomic mass is 32.3. The van der Waals surface area contributed by atoms with Crippen molar-refractivity contribution in [2.75, 3.05) is 59.0 Å². The quantitative estimate of drug-likeness (QED) is 0.199. The molecule has 8 N–H and O–H groups in total. The van der Waals surface area contributed by atoms with Crippen LogP contribution in [0.5, 0.6) is 11.5 Å². The SMILES string of the molecule is COc1cc(-c2cnc(N)c(-c3ccc(C4=C(C5=NC=C(C)C(=O)C5)CC(C(N)=O)=CN4CC4CCOCC4)cc3F)c2)ccc1OC[C@H]1COCCO1.O.O=S(=O)(O)O. The number of rotatable bonds is 11. The predicted octanol–water partition coefficient (Wildman–Crippen LogP) is 3.99. The van der Waals surface area contributed by atoms with Gasteiger partial charge in [0.1, 0.15) is 24.3 Å². The summed E-state index contributed by atoms with van der Waals surface area (Å²) >= 11 is 0. The van der Waals surface area contributed by atoms with E-state index in [0.717, 1.165) is 18.4 Å². The molecule has 0 radical (unpaired) electrons. The molecule has 322 valence electrons. The second kappa shape index (κ2) is 20.1. The molecule has 1 atom stereocenters. The third kappa shape index (κ3) is 11.6. The first-order valence-corrected chi connectivity index (χ1v) is 20.2. The molecule has 19 heteroatoms. The zero-order valence-electron chi connectivity index (χ0n) is 33.1. The molecule has 0 spiro atoms. The number of nitrogen functional groups attached to an aromatic ring is 1. The summed E-state index contributed by atoms with van der Waals surface area (Å²) in [6.07, 6.45) is 6.66. The Morgan fingerprint density at radius 2 is 1.72 bits per heavy atom. The summed E-state index contributed by atoms with van der Waals surface area (Å²) in [5, 5.41) is 0. The first-order valence-electron chi connectivity index (χ1n) is 18.8. The summed E-state index contributed by atoms with van der Waals surface area (Å²) in [5.41, 5.74) is 17.7. The zero-order chi connectivity index (χ0) is 42.3. The Hall–Kier alpha value is -5.54. The number of aromatic nitrogens is 1. The van der Waals surface area contributed by atoms with Gasteiger partial charge in [0, 0.05) is 83.7 Å². The molecule has 1 amide bonds. The molecular weight excluding hydrogens is 806 g/mol. The molecule has 2 fully saturated rings. The van der Waals surface area contributed by atoms with E-state index < -0.39 is 22.1 Å². The van der Waals surface area contributed by atoms with Gasteiger partial charge in [-0.25, -0.2) is 9.37 Å². The van der Waals surface area contributed by atoms with Crippen LogP contribution in [-0.4, -0.2) is 110 Å². The van der Waals surface area contributed by atoms with Gasteiger partial charge in [-0.2, -0.15) is 8.42 Å². The Morgan fingerprint density at radius 1 is 0.983 bits per heavy atom. The Labute approximate surface area is 346 Å². The number of benzene rings is 2. The number of ketones is 1. The molecule has 17 nitrogen and oxygen atoms in total. The Kier molecular flexibility index (Phi) is 15.3. The number of carbonyl (C=O) groups is 2. The van der Waals surface area contributed by atoms with Crippen molar-refractivity contribution in [3.05, 3.63) is 89.2 Å². The smallest absolute Gasteiger partial charge is 0.394 e. The lowest BCUT2D eigenvalue weighted by Crippen LogP contribution is -2.34. The van der Waals surface area contributed by atoms with Crippen LogP contribution >= 0.6 is 0 Å². The number of primary amides is 1. The van der Waals surface area contributed by atoms with E-state index in [2.05, 4.69) is 9.98 Å². The fourth-order valence-corrected chi connectivity index (χ4v) is 7.11. The Morgan fingerprint density at radius 3 is 2.37 bits per heavy atom. The maximum Gasteiger partial charge on any atom is 0.394 e. The second-order valence-corrected chi connectivity index (χ2v) is 15.2. The zero-order valence-corrected chi connectivity index (χ0v) is 33.9. The number of carbonyl (C=O) groups excluding carboxylic acids is 2. The number of Topliss-reactive ketones (excluding diaryl/α,β-unsaturated/α-hetero) is 1.